The highest BCUT2D eigenvalue weighted by molar-refractivity contribution is 5.76. The normalized spacial score (nSPS) is 19.4. The first-order valence-electron chi connectivity index (χ1n) is 14.1. The summed E-state index contributed by atoms with van der Waals surface area (Å²) >= 11 is 0. The molecule has 0 aromatic heterocycles. The predicted molar refractivity (Wildman–Crippen MR) is 132 cm³/mol. The molecule has 0 amide bonds. The second-order valence-corrected chi connectivity index (χ2v) is 12.0. The minimum Gasteiger partial charge on any atom is -0.439 e. The van der Waals surface area contributed by atoms with Gasteiger partial charge in [-0.1, -0.05) is 20.8 Å². The smallest absolute Gasteiger partial charge is 0.437 e. The number of carbonyl (C=O) groups excluding carboxylic acids is 1. The van der Waals surface area contributed by atoms with Crippen LogP contribution in [0, 0.1) is 46.3 Å². The van der Waals surface area contributed by atoms with Gasteiger partial charge >= 0.3 is 36.3 Å². The molecule has 1 fully saturated rings. The quantitative estimate of drug-likeness (QED) is 0.131. The Morgan fingerprint density at radius 3 is 1.29 bits per heavy atom. The van der Waals surface area contributed by atoms with Gasteiger partial charge in [0.2, 0.25) is 5.82 Å². The number of hydrogen-bond donors (Lipinski definition) is 1. The third-order valence-electron chi connectivity index (χ3n) is 8.64. The van der Waals surface area contributed by atoms with Crippen LogP contribution in [-0.2, 0) is 9.53 Å². The van der Waals surface area contributed by atoms with Crippen LogP contribution in [0.25, 0.3) is 0 Å². The van der Waals surface area contributed by atoms with Crippen molar-refractivity contribution in [3.05, 3.63) is 34.6 Å². The minimum atomic E-state index is -6.29. The van der Waals surface area contributed by atoms with Gasteiger partial charge in [-0.3, -0.25) is 4.79 Å². The summed E-state index contributed by atoms with van der Waals surface area (Å²) in [7, 11) is 0. The van der Waals surface area contributed by atoms with E-state index in [0.717, 1.165) is 13.8 Å². The average molecular weight is 739 g/mol. The fourth-order valence-electron chi connectivity index (χ4n) is 5.05. The number of carbonyl (C=O) groups is 1. The Bertz CT molecular complexity index is 1210. The van der Waals surface area contributed by atoms with Gasteiger partial charge in [-0.2, -0.15) is 52.7 Å². The summed E-state index contributed by atoms with van der Waals surface area (Å²) < 4.78 is 229. The Hall–Kier alpha value is -2.54. The zero-order valence-electron chi connectivity index (χ0n) is 25.7. The number of benzene rings is 1. The fourth-order valence-corrected chi connectivity index (χ4v) is 5.05. The zero-order chi connectivity index (χ0) is 38.2. The summed E-state index contributed by atoms with van der Waals surface area (Å²) in [6, 6.07) is 0. The summed E-state index contributed by atoms with van der Waals surface area (Å²) in [6.45, 7) is 6.30. The molecule has 20 heteroatoms. The minimum absolute atomic E-state index is 0.228. The van der Waals surface area contributed by atoms with Gasteiger partial charge in [0.25, 0.3) is 5.60 Å². The Labute approximate surface area is 262 Å². The maximum atomic E-state index is 13.8. The van der Waals surface area contributed by atoms with E-state index in [9.17, 15) is 84.5 Å². The molecule has 0 saturated heterocycles. The van der Waals surface area contributed by atoms with E-state index in [1.54, 1.807) is 6.92 Å². The predicted octanol–water partition coefficient (Wildman–Crippen LogP) is 10.4. The summed E-state index contributed by atoms with van der Waals surface area (Å²) in [5.74, 6) is -17.4. The molecule has 1 aliphatic carbocycles. The Balaban J connectivity index is 0.000000637. The average Bonchev–Trinajstić information content (AvgIpc) is 2.95. The van der Waals surface area contributed by atoms with Gasteiger partial charge in [-0.25, -0.2) is 22.0 Å². The van der Waals surface area contributed by atoms with Crippen molar-refractivity contribution in [2.45, 2.75) is 115 Å². The maximum Gasteiger partial charge on any atom is 0.437 e. The summed E-state index contributed by atoms with van der Waals surface area (Å²) in [5.41, 5.74) is -13.0. The Morgan fingerprint density at radius 2 is 1.00 bits per heavy atom. The van der Waals surface area contributed by atoms with E-state index in [2.05, 4.69) is 4.74 Å². The van der Waals surface area contributed by atoms with Crippen molar-refractivity contribution in [3.8, 4) is 0 Å². The summed E-state index contributed by atoms with van der Waals surface area (Å²) in [6.07, 6.45) is -31.0. The molecule has 0 heterocycles. The molecular formula is C28H31F17O3. The summed E-state index contributed by atoms with van der Waals surface area (Å²) in [4.78, 5) is 12.2. The molecular weight excluding hydrogens is 707 g/mol. The van der Waals surface area contributed by atoms with Crippen LogP contribution in [-0.4, -0.2) is 47.0 Å². The lowest BCUT2D eigenvalue weighted by Gasteiger charge is -2.47. The highest BCUT2D eigenvalue weighted by atomic mass is 19.4. The molecule has 3 nitrogen and oxygen atoms in total. The standard InChI is InChI=1S/C18H22F12O3.C10H9F5/c1-4-12(2,3)11(31)33-14(17(25,26)27,18(28,29)30)10-7-5-9(6-8-10)13(32,15(19,20)21)16(22,23)24;1-3-4(2)5-6(11)8(13)10(15)9(14)7(5)12/h9-10,32H,4-8H2,1-3H3;4H,3H2,1-2H3. The molecule has 280 valence electrons. The van der Waals surface area contributed by atoms with E-state index in [4.69, 9.17) is 0 Å². The second kappa shape index (κ2) is 14.4. The number of aliphatic hydroxyl groups is 1. The van der Waals surface area contributed by atoms with Crippen molar-refractivity contribution in [2.75, 3.05) is 0 Å². The molecule has 0 bridgehead atoms. The van der Waals surface area contributed by atoms with Gasteiger partial charge in [-0.15, -0.1) is 0 Å². The van der Waals surface area contributed by atoms with Gasteiger partial charge in [-0.05, 0) is 58.3 Å². The number of rotatable bonds is 7. The monoisotopic (exact) mass is 738 g/mol. The molecule has 0 aliphatic heterocycles. The van der Waals surface area contributed by atoms with Crippen molar-refractivity contribution in [1.82, 2.24) is 0 Å². The van der Waals surface area contributed by atoms with Crippen LogP contribution in [0.15, 0.2) is 0 Å². The number of hydrogen-bond acceptors (Lipinski definition) is 3. The highest BCUT2D eigenvalue weighted by Gasteiger charge is 2.79. The lowest BCUT2D eigenvalue weighted by atomic mass is 9.67. The third-order valence-corrected chi connectivity index (χ3v) is 8.64. The number of esters is 1. The molecule has 2 rings (SSSR count). The topological polar surface area (TPSA) is 46.5 Å². The molecule has 1 aromatic rings. The molecule has 1 N–H and O–H groups in total. The van der Waals surface area contributed by atoms with Crippen molar-refractivity contribution < 1.29 is 89.3 Å². The lowest BCUT2D eigenvalue weighted by Crippen LogP contribution is -2.66. The van der Waals surface area contributed by atoms with Crippen LogP contribution in [0.3, 0.4) is 0 Å². The van der Waals surface area contributed by atoms with E-state index in [-0.39, 0.29) is 6.42 Å². The lowest BCUT2D eigenvalue weighted by molar-refractivity contribution is -0.400. The van der Waals surface area contributed by atoms with Crippen molar-refractivity contribution in [2.24, 2.45) is 17.3 Å². The summed E-state index contributed by atoms with van der Waals surface area (Å²) in [5, 5.41) is 9.42. The first kappa shape index (κ1) is 43.5. The molecule has 1 unspecified atom stereocenters. The van der Waals surface area contributed by atoms with Crippen LogP contribution < -0.4 is 0 Å². The van der Waals surface area contributed by atoms with Gasteiger partial charge in [0.15, 0.2) is 23.3 Å². The molecule has 1 aliphatic rings. The second-order valence-electron chi connectivity index (χ2n) is 12.0. The van der Waals surface area contributed by atoms with E-state index in [1.807, 2.05) is 0 Å². The Kier molecular flexibility index (Phi) is 13.0. The van der Waals surface area contributed by atoms with Crippen LogP contribution >= 0.6 is 0 Å². The van der Waals surface area contributed by atoms with Crippen molar-refractivity contribution in [1.29, 1.82) is 0 Å². The molecule has 0 spiro atoms. The van der Waals surface area contributed by atoms with Crippen LogP contribution in [0.2, 0.25) is 0 Å². The maximum absolute atomic E-state index is 13.8. The molecule has 0 radical (unpaired) electrons. The zero-order valence-corrected chi connectivity index (χ0v) is 25.7. The largest absolute Gasteiger partial charge is 0.439 e. The van der Waals surface area contributed by atoms with Gasteiger partial charge < -0.3 is 9.84 Å². The highest BCUT2D eigenvalue weighted by Crippen LogP contribution is 2.58. The van der Waals surface area contributed by atoms with Crippen LogP contribution in [0.4, 0.5) is 74.6 Å². The van der Waals surface area contributed by atoms with Crippen molar-refractivity contribution in [3.63, 3.8) is 0 Å². The number of alkyl halides is 12. The molecule has 1 saturated carbocycles. The van der Waals surface area contributed by atoms with Crippen LogP contribution in [0.1, 0.15) is 84.6 Å². The van der Waals surface area contributed by atoms with Crippen LogP contribution in [0.5, 0.6) is 0 Å². The van der Waals surface area contributed by atoms with E-state index >= 15 is 0 Å². The first-order valence-corrected chi connectivity index (χ1v) is 14.1. The van der Waals surface area contributed by atoms with E-state index in [0.29, 0.717) is 6.42 Å². The van der Waals surface area contributed by atoms with E-state index in [1.165, 1.54) is 13.8 Å². The molecule has 1 atom stereocenters. The Morgan fingerprint density at radius 1 is 0.667 bits per heavy atom. The fraction of sp³-hybridized carbons (Fsp3) is 0.750. The van der Waals surface area contributed by atoms with Gasteiger partial charge in [0, 0.05) is 17.4 Å². The SMILES string of the molecule is CCC(C)(C)C(=O)OC(C1CCC(C(O)(C(F)(F)F)C(F)(F)F)CC1)(C(F)(F)F)C(F)(F)F.CCC(C)c1c(F)c(F)c(F)c(F)c1F. The molecule has 48 heavy (non-hydrogen) atoms. The number of ether oxygens (including phenoxy) is 1. The molecule has 1 aromatic carbocycles. The third kappa shape index (κ3) is 7.92. The van der Waals surface area contributed by atoms with Gasteiger partial charge in [0.1, 0.15) is 0 Å². The van der Waals surface area contributed by atoms with Crippen molar-refractivity contribution >= 4 is 5.97 Å². The number of halogens is 17. The van der Waals surface area contributed by atoms with E-state index < -0.39 is 125 Å². The van der Waals surface area contributed by atoms with Gasteiger partial charge in [0.05, 0.1) is 5.41 Å². The first-order chi connectivity index (χ1) is 21.3.